The number of Topliss-reactive ketones (excluding diaryl/α,β-unsaturated/α-hetero) is 1. The molecular formula is C31H47NO4. The maximum absolute atomic E-state index is 12.6. The molecule has 2 N–H and O–H groups in total. The van der Waals surface area contributed by atoms with E-state index in [0.29, 0.717) is 24.5 Å². The summed E-state index contributed by atoms with van der Waals surface area (Å²) in [6.45, 7) is 2.17. The lowest BCUT2D eigenvalue weighted by atomic mass is 9.89. The molecule has 1 amide bonds. The Bertz CT molecular complexity index is 829. The number of ether oxygens (including phenoxy) is 1. The zero-order chi connectivity index (χ0) is 25.8. The summed E-state index contributed by atoms with van der Waals surface area (Å²) in [5.41, 5.74) is 1.16. The van der Waals surface area contributed by atoms with Gasteiger partial charge in [-0.2, -0.15) is 0 Å². The Labute approximate surface area is 218 Å². The molecule has 0 heterocycles. The van der Waals surface area contributed by atoms with Crippen LogP contribution in [0.5, 0.6) is 5.75 Å². The standard InChI is InChI=1S/C31H47NO4/c1-3-4-7-10-26(33)19-15-23-18-22-29(34)28(23)11-8-5-6-9-12-30(35)32-31(24-13-14-24)25-16-20-27(36-2)21-17-25/h15-17,19-21,23-24,26,28,31,33H,3-14,18,22H2,1-2H3,(H,32,35). The zero-order valence-electron chi connectivity index (χ0n) is 22.4. The Morgan fingerprint density at radius 1 is 1.08 bits per heavy atom. The number of nitrogens with one attached hydrogen (secondary N) is 1. The number of unbranched alkanes of at least 4 members (excludes halogenated alkanes) is 5. The van der Waals surface area contributed by atoms with E-state index in [1.165, 1.54) is 12.8 Å². The summed E-state index contributed by atoms with van der Waals surface area (Å²) in [5.74, 6) is 2.29. The van der Waals surface area contributed by atoms with Crippen molar-refractivity contribution in [3.8, 4) is 5.75 Å². The first kappa shape index (κ1) is 28.4. The third kappa shape index (κ3) is 9.38. The van der Waals surface area contributed by atoms with E-state index in [1.807, 2.05) is 18.2 Å². The van der Waals surface area contributed by atoms with Gasteiger partial charge >= 0.3 is 0 Å². The summed E-state index contributed by atoms with van der Waals surface area (Å²) in [5, 5.41) is 13.4. The average molecular weight is 498 g/mol. The average Bonchev–Trinajstić information content (AvgIpc) is 3.67. The molecule has 2 aliphatic rings. The number of aliphatic hydroxyl groups excluding tert-OH is 1. The Kier molecular flexibility index (Phi) is 12.0. The van der Waals surface area contributed by atoms with Crippen molar-refractivity contribution in [2.45, 2.75) is 109 Å². The van der Waals surface area contributed by atoms with Crippen molar-refractivity contribution in [1.82, 2.24) is 5.32 Å². The van der Waals surface area contributed by atoms with Gasteiger partial charge in [-0.1, -0.05) is 69.7 Å². The monoisotopic (exact) mass is 497 g/mol. The van der Waals surface area contributed by atoms with Crippen LogP contribution in [0.4, 0.5) is 0 Å². The third-order valence-electron chi connectivity index (χ3n) is 7.89. The van der Waals surface area contributed by atoms with Gasteiger partial charge < -0.3 is 15.2 Å². The van der Waals surface area contributed by atoms with Gasteiger partial charge in [-0.3, -0.25) is 9.59 Å². The quantitative estimate of drug-likeness (QED) is 0.186. The molecule has 4 unspecified atom stereocenters. The molecule has 3 rings (SSSR count). The lowest BCUT2D eigenvalue weighted by molar-refractivity contribution is -0.122. The number of carbonyl (C=O) groups excluding carboxylic acids is 2. The van der Waals surface area contributed by atoms with Crippen LogP contribution in [0.3, 0.4) is 0 Å². The smallest absolute Gasteiger partial charge is 0.220 e. The number of carbonyl (C=O) groups is 2. The highest BCUT2D eigenvalue weighted by molar-refractivity contribution is 5.83. The number of methoxy groups -OCH3 is 1. The highest BCUT2D eigenvalue weighted by Gasteiger charge is 2.34. The van der Waals surface area contributed by atoms with Crippen molar-refractivity contribution in [2.75, 3.05) is 7.11 Å². The van der Waals surface area contributed by atoms with E-state index in [-0.39, 0.29) is 29.9 Å². The van der Waals surface area contributed by atoms with Crippen LogP contribution in [0.25, 0.3) is 0 Å². The Morgan fingerprint density at radius 2 is 1.83 bits per heavy atom. The van der Waals surface area contributed by atoms with Crippen LogP contribution in [-0.2, 0) is 9.59 Å². The van der Waals surface area contributed by atoms with Crippen LogP contribution in [0.15, 0.2) is 36.4 Å². The summed E-state index contributed by atoms with van der Waals surface area (Å²) >= 11 is 0. The number of hydrogen-bond donors (Lipinski definition) is 2. The van der Waals surface area contributed by atoms with Crippen LogP contribution >= 0.6 is 0 Å². The van der Waals surface area contributed by atoms with E-state index in [0.717, 1.165) is 75.5 Å². The fourth-order valence-electron chi connectivity index (χ4n) is 5.47. The van der Waals surface area contributed by atoms with E-state index in [4.69, 9.17) is 4.74 Å². The third-order valence-corrected chi connectivity index (χ3v) is 7.89. The van der Waals surface area contributed by atoms with Crippen molar-refractivity contribution in [2.24, 2.45) is 17.8 Å². The van der Waals surface area contributed by atoms with Gasteiger partial charge in [-0.25, -0.2) is 0 Å². The van der Waals surface area contributed by atoms with E-state index < -0.39 is 0 Å². The van der Waals surface area contributed by atoms with Gasteiger partial charge in [0.15, 0.2) is 0 Å². The molecule has 5 nitrogen and oxygen atoms in total. The Morgan fingerprint density at radius 3 is 2.53 bits per heavy atom. The fraction of sp³-hybridized carbons (Fsp3) is 0.677. The van der Waals surface area contributed by atoms with Gasteiger partial charge in [-0.15, -0.1) is 0 Å². The second kappa shape index (κ2) is 15.2. The van der Waals surface area contributed by atoms with E-state index in [2.05, 4.69) is 30.4 Å². The molecule has 0 aliphatic heterocycles. The number of amides is 1. The maximum atomic E-state index is 12.6. The van der Waals surface area contributed by atoms with E-state index >= 15 is 0 Å². The predicted octanol–water partition coefficient (Wildman–Crippen LogP) is 6.70. The molecule has 0 saturated heterocycles. The molecule has 2 saturated carbocycles. The molecule has 5 heteroatoms. The van der Waals surface area contributed by atoms with Crippen LogP contribution in [0.1, 0.15) is 108 Å². The van der Waals surface area contributed by atoms with E-state index in [1.54, 1.807) is 7.11 Å². The number of allylic oxidation sites excluding steroid dienone is 1. The molecule has 1 aromatic carbocycles. The molecule has 0 bridgehead atoms. The Hall–Kier alpha value is -2.14. The lowest BCUT2D eigenvalue weighted by Crippen LogP contribution is -2.29. The lowest BCUT2D eigenvalue weighted by Gasteiger charge is -2.19. The summed E-state index contributed by atoms with van der Waals surface area (Å²) < 4.78 is 5.25. The van der Waals surface area contributed by atoms with Gasteiger partial charge in [0.05, 0.1) is 19.3 Å². The number of aliphatic hydroxyl groups is 1. The minimum absolute atomic E-state index is 0.104. The number of benzene rings is 1. The second-order valence-electron chi connectivity index (χ2n) is 10.8. The molecule has 0 aromatic heterocycles. The summed E-state index contributed by atoms with van der Waals surface area (Å²) in [7, 11) is 1.66. The highest BCUT2D eigenvalue weighted by Crippen LogP contribution is 2.41. The largest absolute Gasteiger partial charge is 0.497 e. The van der Waals surface area contributed by atoms with Crippen molar-refractivity contribution in [1.29, 1.82) is 0 Å². The van der Waals surface area contributed by atoms with E-state index in [9.17, 15) is 14.7 Å². The molecule has 36 heavy (non-hydrogen) atoms. The van der Waals surface area contributed by atoms with Crippen molar-refractivity contribution >= 4 is 11.7 Å². The maximum Gasteiger partial charge on any atom is 0.220 e. The van der Waals surface area contributed by atoms with Gasteiger partial charge in [0.25, 0.3) is 0 Å². The Balaban J connectivity index is 1.32. The van der Waals surface area contributed by atoms with Gasteiger partial charge in [0, 0.05) is 18.8 Å². The molecule has 2 fully saturated rings. The van der Waals surface area contributed by atoms with Crippen LogP contribution in [0, 0.1) is 17.8 Å². The zero-order valence-corrected chi connectivity index (χ0v) is 22.4. The van der Waals surface area contributed by atoms with Crippen molar-refractivity contribution in [3.63, 3.8) is 0 Å². The molecular weight excluding hydrogens is 450 g/mol. The van der Waals surface area contributed by atoms with Gasteiger partial charge in [-0.05, 0) is 68.1 Å². The minimum Gasteiger partial charge on any atom is -0.497 e. The summed E-state index contributed by atoms with van der Waals surface area (Å²) in [6.07, 6.45) is 17.2. The highest BCUT2D eigenvalue weighted by atomic mass is 16.5. The first-order chi connectivity index (χ1) is 17.5. The summed E-state index contributed by atoms with van der Waals surface area (Å²) in [6, 6.07) is 8.14. The van der Waals surface area contributed by atoms with Gasteiger partial charge in [0.2, 0.25) is 5.91 Å². The molecule has 0 radical (unpaired) electrons. The number of rotatable bonds is 17. The SMILES string of the molecule is CCCCCC(O)C=CC1CCC(=O)C1CCCCCCC(=O)NC(c1ccc(OC)cc1)C1CC1. The predicted molar refractivity (Wildman–Crippen MR) is 145 cm³/mol. The molecule has 4 atom stereocenters. The normalized spacial score (nSPS) is 21.6. The van der Waals surface area contributed by atoms with Gasteiger partial charge in [0.1, 0.15) is 11.5 Å². The molecule has 2 aliphatic carbocycles. The molecule has 200 valence electrons. The fourth-order valence-corrected chi connectivity index (χ4v) is 5.47. The molecule has 1 aromatic rings. The second-order valence-corrected chi connectivity index (χ2v) is 10.8. The van der Waals surface area contributed by atoms with Crippen molar-refractivity contribution < 1.29 is 19.4 Å². The van der Waals surface area contributed by atoms with Crippen LogP contribution in [-0.4, -0.2) is 30.0 Å². The number of hydrogen-bond acceptors (Lipinski definition) is 4. The first-order valence-electron chi connectivity index (χ1n) is 14.3. The summed E-state index contributed by atoms with van der Waals surface area (Å²) in [4.78, 5) is 25.0. The van der Waals surface area contributed by atoms with Crippen LogP contribution in [0.2, 0.25) is 0 Å². The molecule has 0 spiro atoms. The minimum atomic E-state index is -0.386. The van der Waals surface area contributed by atoms with Crippen molar-refractivity contribution in [3.05, 3.63) is 42.0 Å². The first-order valence-corrected chi connectivity index (χ1v) is 14.3. The topological polar surface area (TPSA) is 75.6 Å². The number of ketones is 1. The van der Waals surface area contributed by atoms with Crippen LogP contribution < -0.4 is 10.1 Å².